The monoisotopic (exact) mass is 279 g/mol. The largest absolute Gasteiger partial charge is 0.467 e. The van der Waals surface area contributed by atoms with Crippen molar-refractivity contribution < 1.29 is 4.74 Å². The molecule has 0 aromatic carbocycles. The molecule has 20 heavy (non-hydrogen) atoms. The van der Waals surface area contributed by atoms with E-state index in [9.17, 15) is 0 Å². The van der Waals surface area contributed by atoms with Gasteiger partial charge in [-0.3, -0.25) is 0 Å². The summed E-state index contributed by atoms with van der Waals surface area (Å²) in [6.45, 7) is 5.11. The van der Waals surface area contributed by atoms with Gasteiger partial charge in [-0.15, -0.1) is 0 Å². The average Bonchev–Trinajstić information content (AvgIpc) is 2.46. The lowest BCUT2D eigenvalue weighted by atomic mass is 9.86. The fourth-order valence-electron chi connectivity index (χ4n) is 2.75. The van der Waals surface area contributed by atoms with Gasteiger partial charge in [0.15, 0.2) is 0 Å². The summed E-state index contributed by atoms with van der Waals surface area (Å²) in [7, 11) is 3.64. The minimum absolute atomic E-state index is 0.363. The van der Waals surface area contributed by atoms with Crippen LogP contribution >= 0.6 is 0 Å². The Morgan fingerprint density at radius 1 is 1.30 bits per heavy atom. The molecule has 0 amide bonds. The highest BCUT2D eigenvalue weighted by Crippen LogP contribution is 2.28. The van der Waals surface area contributed by atoms with Crippen molar-refractivity contribution in [1.82, 2.24) is 15.0 Å². The molecule has 0 bridgehead atoms. The lowest BCUT2D eigenvalue weighted by molar-refractivity contribution is 0.332. The quantitative estimate of drug-likeness (QED) is 0.892. The van der Waals surface area contributed by atoms with E-state index in [2.05, 4.69) is 39.1 Å². The fourth-order valence-corrected chi connectivity index (χ4v) is 2.75. The predicted molar refractivity (Wildman–Crippen MR) is 80.4 cm³/mol. The molecule has 1 aromatic rings. The van der Waals surface area contributed by atoms with Crippen LogP contribution in [0.3, 0.4) is 0 Å². The molecule has 6 nitrogen and oxygen atoms in total. The number of nitrogens with zero attached hydrogens (tertiary/aromatic N) is 4. The smallest absolute Gasteiger partial charge is 0.322 e. The van der Waals surface area contributed by atoms with Crippen LogP contribution in [0.1, 0.15) is 39.5 Å². The van der Waals surface area contributed by atoms with E-state index in [-0.39, 0.29) is 0 Å². The Balaban J connectivity index is 2.19. The number of rotatable bonds is 5. The summed E-state index contributed by atoms with van der Waals surface area (Å²) in [5, 5.41) is 3.12. The number of hydrogen-bond donors (Lipinski definition) is 1. The van der Waals surface area contributed by atoms with Crippen LogP contribution in [0.5, 0.6) is 6.01 Å². The minimum Gasteiger partial charge on any atom is -0.467 e. The number of aromatic nitrogens is 3. The number of anilines is 2. The highest BCUT2D eigenvalue weighted by Gasteiger charge is 2.24. The fraction of sp³-hybridized carbons (Fsp3) is 0.786. The van der Waals surface area contributed by atoms with Gasteiger partial charge in [-0.25, -0.2) is 0 Å². The van der Waals surface area contributed by atoms with Crippen LogP contribution in [0, 0.1) is 5.92 Å². The van der Waals surface area contributed by atoms with E-state index in [0.29, 0.717) is 23.9 Å². The van der Waals surface area contributed by atoms with Crippen LogP contribution in [0.4, 0.5) is 11.9 Å². The molecule has 2 atom stereocenters. The van der Waals surface area contributed by atoms with E-state index >= 15 is 0 Å². The first kappa shape index (κ1) is 14.8. The highest BCUT2D eigenvalue weighted by molar-refractivity contribution is 5.38. The third kappa shape index (κ3) is 3.49. The molecule has 2 unspecified atom stereocenters. The van der Waals surface area contributed by atoms with Crippen molar-refractivity contribution in [2.75, 3.05) is 30.9 Å². The average molecular weight is 279 g/mol. The van der Waals surface area contributed by atoms with Crippen molar-refractivity contribution in [2.45, 2.75) is 45.6 Å². The van der Waals surface area contributed by atoms with E-state index in [1.165, 1.54) is 25.7 Å². The molecule has 2 rings (SSSR count). The molecule has 1 fully saturated rings. The summed E-state index contributed by atoms with van der Waals surface area (Å²) in [5.41, 5.74) is 0. The summed E-state index contributed by atoms with van der Waals surface area (Å²) in [4.78, 5) is 15.2. The van der Waals surface area contributed by atoms with Crippen LogP contribution < -0.4 is 15.0 Å². The predicted octanol–water partition coefficient (Wildman–Crippen LogP) is 2.33. The van der Waals surface area contributed by atoms with Crippen molar-refractivity contribution in [2.24, 2.45) is 5.92 Å². The molecule has 0 aliphatic heterocycles. The van der Waals surface area contributed by atoms with Crippen LogP contribution in [-0.2, 0) is 0 Å². The lowest BCUT2D eigenvalue weighted by Gasteiger charge is -2.34. The summed E-state index contributed by atoms with van der Waals surface area (Å²) in [6.07, 6.45) is 5.00. The van der Waals surface area contributed by atoms with Crippen LogP contribution in [0.2, 0.25) is 0 Å². The van der Waals surface area contributed by atoms with Crippen molar-refractivity contribution in [1.29, 1.82) is 0 Å². The molecule has 1 heterocycles. The van der Waals surface area contributed by atoms with Crippen LogP contribution in [0.15, 0.2) is 0 Å². The van der Waals surface area contributed by atoms with Crippen molar-refractivity contribution in [3.05, 3.63) is 0 Å². The second-order valence-electron chi connectivity index (χ2n) is 5.51. The maximum atomic E-state index is 5.17. The Bertz CT molecular complexity index is 440. The van der Waals surface area contributed by atoms with E-state index in [1.54, 1.807) is 7.11 Å². The van der Waals surface area contributed by atoms with Gasteiger partial charge in [0.1, 0.15) is 0 Å². The number of methoxy groups -OCH3 is 1. The first-order valence-corrected chi connectivity index (χ1v) is 7.40. The third-order valence-corrected chi connectivity index (χ3v) is 3.89. The SMILES string of the molecule is CCNc1nc(OC)nc(N(C)C2CCCC(C)C2)n1. The second-order valence-corrected chi connectivity index (χ2v) is 5.51. The first-order chi connectivity index (χ1) is 9.63. The van der Waals surface area contributed by atoms with Gasteiger partial charge < -0.3 is 15.0 Å². The van der Waals surface area contributed by atoms with Gasteiger partial charge in [0, 0.05) is 19.6 Å². The summed E-state index contributed by atoms with van der Waals surface area (Å²) in [5.74, 6) is 2.03. The Morgan fingerprint density at radius 3 is 2.75 bits per heavy atom. The van der Waals surface area contributed by atoms with Gasteiger partial charge in [-0.1, -0.05) is 19.8 Å². The summed E-state index contributed by atoms with van der Waals surface area (Å²) in [6, 6.07) is 0.863. The topological polar surface area (TPSA) is 63.2 Å². The zero-order valence-electron chi connectivity index (χ0n) is 12.9. The lowest BCUT2D eigenvalue weighted by Crippen LogP contribution is -2.36. The summed E-state index contributed by atoms with van der Waals surface area (Å²) >= 11 is 0. The molecular formula is C14H25N5O. The van der Waals surface area contributed by atoms with E-state index < -0.39 is 0 Å². The second kappa shape index (κ2) is 6.72. The Kier molecular flexibility index (Phi) is 4.98. The van der Waals surface area contributed by atoms with Gasteiger partial charge >= 0.3 is 6.01 Å². The molecule has 0 spiro atoms. The van der Waals surface area contributed by atoms with Crippen LogP contribution in [-0.4, -0.2) is 41.7 Å². The van der Waals surface area contributed by atoms with E-state index in [0.717, 1.165) is 12.5 Å². The Labute approximate surface area is 121 Å². The number of ether oxygens (including phenoxy) is 1. The molecule has 112 valence electrons. The molecule has 6 heteroatoms. The third-order valence-electron chi connectivity index (χ3n) is 3.89. The molecule has 1 aromatic heterocycles. The van der Waals surface area contributed by atoms with Gasteiger partial charge in [0.25, 0.3) is 0 Å². The van der Waals surface area contributed by atoms with Gasteiger partial charge in [0.2, 0.25) is 11.9 Å². The van der Waals surface area contributed by atoms with Gasteiger partial charge in [-0.2, -0.15) is 15.0 Å². The maximum Gasteiger partial charge on any atom is 0.322 e. The standard InChI is InChI=1S/C14H25N5O/c1-5-15-12-16-13(18-14(17-12)20-4)19(3)11-8-6-7-10(2)9-11/h10-11H,5-9H2,1-4H3,(H,15,16,17,18). The van der Waals surface area contributed by atoms with Gasteiger partial charge in [-0.05, 0) is 25.7 Å². The number of nitrogens with one attached hydrogen (secondary N) is 1. The Morgan fingerprint density at radius 2 is 2.10 bits per heavy atom. The molecular weight excluding hydrogens is 254 g/mol. The molecule has 0 saturated heterocycles. The first-order valence-electron chi connectivity index (χ1n) is 7.40. The van der Waals surface area contributed by atoms with Crippen molar-refractivity contribution >= 4 is 11.9 Å². The minimum atomic E-state index is 0.363. The molecule has 1 saturated carbocycles. The zero-order chi connectivity index (χ0) is 14.5. The molecule has 1 aliphatic rings. The van der Waals surface area contributed by atoms with Crippen molar-refractivity contribution in [3.8, 4) is 6.01 Å². The molecule has 1 aliphatic carbocycles. The van der Waals surface area contributed by atoms with E-state index in [4.69, 9.17) is 4.74 Å². The van der Waals surface area contributed by atoms with Crippen molar-refractivity contribution in [3.63, 3.8) is 0 Å². The summed E-state index contributed by atoms with van der Waals surface area (Å²) < 4.78 is 5.17. The van der Waals surface area contributed by atoms with Gasteiger partial charge in [0.05, 0.1) is 7.11 Å². The normalized spacial score (nSPS) is 22.4. The molecule has 0 radical (unpaired) electrons. The van der Waals surface area contributed by atoms with Crippen LogP contribution in [0.25, 0.3) is 0 Å². The maximum absolute atomic E-state index is 5.17. The van der Waals surface area contributed by atoms with E-state index in [1.807, 2.05) is 6.92 Å². The number of hydrogen-bond acceptors (Lipinski definition) is 6. The zero-order valence-corrected chi connectivity index (χ0v) is 12.9. The molecule has 1 N–H and O–H groups in total. The Hall–Kier alpha value is -1.59. The highest BCUT2D eigenvalue weighted by atomic mass is 16.5.